The van der Waals surface area contributed by atoms with E-state index >= 15 is 0 Å². The average Bonchev–Trinajstić information content (AvgIpc) is 2.44. The Morgan fingerprint density at radius 2 is 1.71 bits per heavy atom. The number of rotatable bonds is 5. The highest BCUT2D eigenvalue weighted by molar-refractivity contribution is 5.78. The summed E-state index contributed by atoms with van der Waals surface area (Å²) >= 11 is 0. The molecule has 0 aromatic heterocycles. The first-order chi connectivity index (χ1) is 10.0. The quantitative estimate of drug-likeness (QED) is 0.760. The largest absolute Gasteiger partial charge is 0.373 e. The molecule has 1 amide bonds. The van der Waals surface area contributed by atoms with Crippen LogP contribution >= 0.6 is 0 Å². The van der Waals surface area contributed by atoms with Crippen molar-refractivity contribution in [2.24, 2.45) is 0 Å². The summed E-state index contributed by atoms with van der Waals surface area (Å²) in [4.78, 5) is 18.9. The normalized spacial score (nSPS) is 28.5. The summed E-state index contributed by atoms with van der Waals surface area (Å²) in [6, 6.07) is 0. The van der Waals surface area contributed by atoms with E-state index in [1.54, 1.807) is 0 Å². The smallest absolute Gasteiger partial charge is 0.236 e. The lowest BCUT2D eigenvalue weighted by molar-refractivity contribution is -0.134. The topological polar surface area (TPSA) is 36.0 Å². The minimum Gasteiger partial charge on any atom is -0.373 e. The van der Waals surface area contributed by atoms with Crippen LogP contribution < -0.4 is 0 Å². The predicted molar refractivity (Wildman–Crippen MR) is 84.4 cm³/mol. The molecule has 0 aliphatic carbocycles. The Kier molecular flexibility index (Phi) is 6.45. The van der Waals surface area contributed by atoms with Gasteiger partial charge in [-0.15, -0.1) is 0 Å². The molecular formula is C16H31N3O2. The minimum absolute atomic E-state index is 0.222. The second-order valence-electron chi connectivity index (χ2n) is 6.67. The fourth-order valence-electron chi connectivity index (χ4n) is 3.32. The number of ether oxygens (including phenoxy) is 1. The van der Waals surface area contributed by atoms with E-state index in [0.29, 0.717) is 6.54 Å². The first kappa shape index (κ1) is 16.7. The standard InChI is InChI=1S/C16H31N3O2/c1-14-11-19(12-15(2)21-14)13-16(20)17(3)9-10-18-7-5-4-6-8-18/h14-15H,4-13H2,1-3H3/t14-,15-/m0/s1. The van der Waals surface area contributed by atoms with Crippen molar-refractivity contribution < 1.29 is 9.53 Å². The van der Waals surface area contributed by atoms with Crippen LogP contribution in [0.1, 0.15) is 33.1 Å². The molecule has 5 heteroatoms. The van der Waals surface area contributed by atoms with Crippen LogP contribution in [0.2, 0.25) is 0 Å². The van der Waals surface area contributed by atoms with Crippen molar-refractivity contribution in [3.8, 4) is 0 Å². The van der Waals surface area contributed by atoms with E-state index in [2.05, 4.69) is 23.6 Å². The van der Waals surface area contributed by atoms with Gasteiger partial charge < -0.3 is 14.5 Å². The molecule has 21 heavy (non-hydrogen) atoms. The van der Waals surface area contributed by atoms with Crippen molar-refractivity contribution in [3.63, 3.8) is 0 Å². The summed E-state index contributed by atoms with van der Waals surface area (Å²) in [5.41, 5.74) is 0. The van der Waals surface area contributed by atoms with Gasteiger partial charge in [0.1, 0.15) is 0 Å². The third-order valence-electron chi connectivity index (χ3n) is 4.48. The summed E-state index contributed by atoms with van der Waals surface area (Å²) < 4.78 is 5.71. The number of likely N-dealkylation sites (tertiary alicyclic amines) is 1. The molecule has 0 aromatic rings. The lowest BCUT2D eigenvalue weighted by Gasteiger charge is -2.35. The highest BCUT2D eigenvalue weighted by Gasteiger charge is 2.24. The summed E-state index contributed by atoms with van der Waals surface area (Å²) in [5, 5.41) is 0. The van der Waals surface area contributed by atoms with Gasteiger partial charge in [-0.05, 0) is 39.8 Å². The van der Waals surface area contributed by atoms with E-state index < -0.39 is 0 Å². The monoisotopic (exact) mass is 297 g/mol. The molecule has 0 N–H and O–H groups in total. The Morgan fingerprint density at radius 3 is 2.33 bits per heavy atom. The molecule has 2 aliphatic rings. The van der Waals surface area contributed by atoms with Crippen LogP contribution in [0.5, 0.6) is 0 Å². The zero-order chi connectivity index (χ0) is 15.2. The number of amides is 1. The van der Waals surface area contributed by atoms with Gasteiger partial charge in [0.25, 0.3) is 0 Å². The molecule has 0 unspecified atom stereocenters. The molecule has 2 rings (SSSR count). The van der Waals surface area contributed by atoms with Gasteiger partial charge in [0, 0.05) is 33.2 Å². The van der Waals surface area contributed by atoms with Crippen LogP contribution in [0.25, 0.3) is 0 Å². The second-order valence-corrected chi connectivity index (χ2v) is 6.67. The lowest BCUT2D eigenvalue weighted by Crippen LogP contribution is -2.50. The molecule has 122 valence electrons. The molecule has 0 radical (unpaired) electrons. The Hall–Kier alpha value is -0.650. The van der Waals surface area contributed by atoms with Gasteiger partial charge in [-0.3, -0.25) is 9.69 Å². The minimum atomic E-state index is 0.222. The van der Waals surface area contributed by atoms with Gasteiger partial charge in [-0.2, -0.15) is 0 Å². The predicted octanol–water partition coefficient (Wildman–Crippen LogP) is 1.04. The molecule has 0 spiro atoms. The molecule has 2 saturated heterocycles. The molecule has 0 saturated carbocycles. The van der Waals surface area contributed by atoms with Gasteiger partial charge in [0.15, 0.2) is 0 Å². The Bertz CT molecular complexity index is 321. The molecule has 5 nitrogen and oxygen atoms in total. The van der Waals surface area contributed by atoms with Gasteiger partial charge in [0.2, 0.25) is 5.91 Å². The first-order valence-corrected chi connectivity index (χ1v) is 8.38. The summed E-state index contributed by atoms with van der Waals surface area (Å²) in [5.74, 6) is 0.230. The number of likely N-dealkylation sites (N-methyl/N-ethyl adjacent to an activating group) is 1. The zero-order valence-electron chi connectivity index (χ0n) is 13.9. The van der Waals surface area contributed by atoms with Crippen molar-refractivity contribution in [2.45, 2.75) is 45.3 Å². The molecular weight excluding hydrogens is 266 g/mol. The fourth-order valence-corrected chi connectivity index (χ4v) is 3.32. The van der Waals surface area contributed by atoms with Crippen LogP contribution in [0, 0.1) is 0 Å². The van der Waals surface area contributed by atoms with E-state index in [-0.39, 0.29) is 18.1 Å². The Labute approximate surface area is 129 Å². The summed E-state index contributed by atoms with van der Waals surface area (Å²) in [6.45, 7) is 10.6. The maximum Gasteiger partial charge on any atom is 0.236 e. The van der Waals surface area contributed by atoms with Gasteiger partial charge in [-0.25, -0.2) is 0 Å². The average molecular weight is 297 g/mol. The van der Waals surface area contributed by atoms with Crippen LogP contribution in [0.3, 0.4) is 0 Å². The van der Waals surface area contributed by atoms with Crippen molar-refractivity contribution in [1.82, 2.24) is 14.7 Å². The van der Waals surface area contributed by atoms with Crippen LogP contribution in [0.4, 0.5) is 0 Å². The maximum atomic E-state index is 12.3. The zero-order valence-corrected chi connectivity index (χ0v) is 13.9. The molecule has 2 atom stereocenters. The molecule has 2 aliphatic heterocycles. The van der Waals surface area contributed by atoms with Crippen molar-refractivity contribution in [3.05, 3.63) is 0 Å². The van der Waals surface area contributed by atoms with Gasteiger partial charge >= 0.3 is 0 Å². The number of nitrogens with zero attached hydrogens (tertiary/aromatic N) is 3. The van der Waals surface area contributed by atoms with E-state index in [1.165, 1.54) is 32.4 Å². The number of hydrogen-bond donors (Lipinski definition) is 0. The molecule has 2 heterocycles. The lowest BCUT2D eigenvalue weighted by atomic mass is 10.1. The van der Waals surface area contributed by atoms with Crippen molar-refractivity contribution >= 4 is 5.91 Å². The van der Waals surface area contributed by atoms with E-state index in [9.17, 15) is 4.79 Å². The highest BCUT2D eigenvalue weighted by Crippen LogP contribution is 2.11. The molecule has 2 fully saturated rings. The number of piperidine rings is 1. The number of carbonyl (C=O) groups excluding carboxylic acids is 1. The van der Waals surface area contributed by atoms with Gasteiger partial charge in [0.05, 0.1) is 18.8 Å². The third kappa shape index (κ3) is 5.57. The first-order valence-electron chi connectivity index (χ1n) is 8.38. The SMILES string of the molecule is C[C@H]1CN(CC(=O)N(C)CCN2CCCCC2)C[C@H](C)O1. The van der Waals surface area contributed by atoms with E-state index in [4.69, 9.17) is 4.74 Å². The Balaban J connectivity index is 1.69. The third-order valence-corrected chi connectivity index (χ3v) is 4.48. The van der Waals surface area contributed by atoms with E-state index in [1.807, 2.05) is 11.9 Å². The van der Waals surface area contributed by atoms with E-state index in [0.717, 1.165) is 26.2 Å². The second kappa shape index (κ2) is 8.11. The number of morpholine rings is 1. The number of carbonyl (C=O) groups is 1. The van der Waals surface area contributed by atoms with Gasteiger partial charge in [-0.1, -0.05) is 6.42 Å². The van der Waals surface area contributed by atoms with Crippen LogP contribution in [-0.4, -0.2) is 85.7 Å². The van der Waals surface area contributed by atoms with Crippen LogP contribution in [-0.2, 0) is 9.53 Å². The Morgan fingerprint density at radius 1 is 1.10 bits per heavy atom. The molecule has 0 aromatic carbocycles. The maximum absolute atomic E-state index is 12.3. The molecule has 0 bridgehead atoms. The van der Waals surface area contributed by atoms with Crippen molar-refractivity contribution in [1.29, 1.82) is 0 Å². The van der Waals surface area contributed by atoms with Crippen LogP contribution in [0.15, 0.2) is 0 Å². The number of hydrogen-bond acceptors (Lipinski definition) is 4. The van der Waals surface area contributed by atoms with Crippen molar-refractivity contribution in [2.75, 3.05) is 52.9 Å². The summed E-state index contributed by atoms with van der Waals surface area (Å²) in [6.07, 6.45) is 4.42. The fraction of sp³-hybridized carbons (Fsp3) is 0.938. The highest BCUT2D eigenvalue weighted by atomic mass is 16.5. The summed E-state index contributed by atoms with van der Waals surface area (Å²) in [7, 11) is 1.93.